The molecule has 8 nitrogen and oxygen atoms in total. The third-order valence-corrected chi connectivity index (χ3v) is 5.73. The van der Waals surface area contributed by atoms with Crippen LogP contribution in [0.4, 0.5) is 4.79 Å². The number of carbonyl (C=O) groups is 2. The highest BCUT2D eigenvalue weighted by Gasteiger charge is 2.48. The molecule has 168 valence electrons. The summed E-state index contributed by atoms with van der Waals surface area (Å²) in [6.45, 7) is 9.35. The summed E-state index contributed by atoms with van der Waals surface area (Å²) in [7, 11) is 0. The average molecular weight is 430 g/mol. The van der Waals surface area contributed by atoms with E-state index in [4.69, 9.17) is 9.47 Å². The first-order chi connectivity index (χ1) is 14.5. The van der Waals surface area contributed by atoms with Gasteiger partial charge in [0.15, 0.2) is 0 Å². The Labute approximate surface area is 183 Å². The first kappa shape index (κ1) is 22.9. The predicted octanol–water partition coefficient (Wildman–Crippen LogP) is 3.34. The SMILES string of the molecule is CC(C)(C)OC(=O)N1CCCCC1N(C=O)C1c2cc(C#N)ccc2OC(C)(C)C1O. The molecule has 1 aromatic rings. The van der Waals surface area contributed by atoms with E-state index in [0.29, 0.717) is 36.3 Å². The number of benzene rings is 1. The van der Waals surface area contributed by atoms with Gasteiger partial charge in [-0.15, -0.1) is 0 Å². The molecule has 0 saturated carbocycles. The highest BCUT2D eigenvalue weighted by molar-refractivity contribution is 5.69. The van der Waals surface area contributed by atoms with Gasteiger partial charge in [0, 0.05) is 12.1 Å². The van der Waals surface area contributed by atoms with E-state index in [1.54, 1.807) is 57.7 Å². The lowest BCUT2D eigenvalue weighted by atomic mass is 9.84. The zero-order valence-electron chi connectivity index (χ0n) is 18.8. The molecule has 8 heteroatoms. The molecule has 0 spiro atoms. The number of rotatable bonds is 3. The predicted molar refractivity (Wildman–Crippen MR) is 113 cm³/mol. The lowest BCUT2D eigenvalue weighted by Crippen LogP contribution is -2.60. The van der Waals surface area contributed by atoms with Gasteiger partial charge in [-0.25, -0.2) is 4.79 Å². The van der Waals surface area contributed by atoms with E-state index in [1.807, 2.05) is 0 Å². The van der Waals surface area contributed by atoms with Crippen molar-refractivity contribution in [2.75, 3.05) is 6.54 Å². The minimum atomic E-state index is -1.07. The van der Waals surface area contributed by atoms with Crippen LogP contribution in [0.25, 0.3) is 0 Å². The van der Waals surface area contributed by atoms with Crippen LogP contribution in [-0.4, -0.2) is 57.4 Å². The van der Waals surface area contributed by atoms with Gasteiger partial charge in [0.25, 0.3) is 0 Å². The number of likely N-dealkylation sites (tertiary alicyclic amines) is 1. The van der Waals surface area contributed by atoms with Gasteiger partial charge in [-0.3, -0.25) is 9.69 Å². The molecule has 0 aromatic heterocycles. The number of nitrogens with zero attached hydrogens (tertiary/aromatic N) is 3. The second-order valence-electron chi connectivity index (χ2n) is 9.66. The van der Waals surface area contributed by atoms with Crippen molar-refractivity contribution < 1.29 is 24.2 Å². The number of hydrogen-bond acceptors (Lipinski definition) is 6. The molecule has 31 heavy (non-hydrogen) atoms. The Bertz CT molecular complexity index is 886. The first-order valence-corrected chi connectivity index (χ1v) is 10.6. The Morgan fingerprint density at radius 2 is 2.10 bits per heavy atom. The van der Waals surface area contributed by atoms with Crippen molar-refractivity contribution in [1.29, 1.82) is 5.26 Å². The summed E-state index contributed by atoms with van der Waals surface area (Å²) >= 11 is 0. The fourth-order valence-electron chi connectivity index (χ4n) is 4.24. The number of ether oxygens (including phenoxy) is 2. The van der Waals surface area contributed by atoms with E-state index in [2.05, 4.69) is 6.07 Å². The number of aliphatic hydroxyl groups excluding tert-OH is 1. The van der Waals surface area contributed by atoms with E-state index in [1.165, 1.54) is 4.90 Å². The van der Waals surface area contributed by atoms with Gasteiger partial charge in [0.05, 0.1) is 17.7 Å². The van der Waals surface area contributed by atoms with Crippen LogP contribution >= 0.6 is 0 Å². The number of nitriles is 1. The number of carbonyl (C=O) groups excluding carboxylic acids is 2. The molecule has 0 bridgehead atoms. The van der Waals surface area contributed by atoms with Crippen molar-refractivity contribution in [2.24, 2.45) is 0 Å². The zero-order chi connectivity index (χ0) is 23.0. The molecule has 3 atom stereocenters. The summed E-state index contributed by atoms with van der Waals surface area (Å²) < 4.78 is 11.6. The van der Waals surface area contributed by atoms with Crippen LogP contribution in [0.2, 0.25) is 0 Å². The Morgan fingerprint density at radius 3 is 2.71 bits per heavy atom. The summed E-state index contributed by atoms with van der Waals surface area (Å²) in [6.07, 6.45) is 0.744. The fraction of sp³-hybridized carbons (Fsp3) is 0.609. The van der Waals surface area contributed by atoms with Crippen LogP contribution in [0, 0.1) is 11.3 Å². The minimum absolute atomic E-state index is 0.401. The van der Waals surface area contributed by atoms with Crippen LogP contribution in [-0.2, 0) is 9.53 Å². The largest absolute Gasteiger partial charge is 0.485 e. The van der Waals surface area contributed by atoms with Gasteiger partial charge in [-0.05, 0) is 72.1 Å². The second-order valence-corrected chi connectivity index (χ2v) is 9.66. The third-order valence-electron chi connectivity index (χ3n) is 5.73. The molecular weight excluding hydrogens is 398 g/mol. The number of fused-ring (bicyclic) bond motifs is 1. The Kier molecular flexibility index (Phi) is 6.19. The van der Waals surface area contributed by atoms with E-state index >= 15 is 0 Å². The summed E-state index contributed by atoms with van der Waals surface area (Å²) in [5, 5.41) is 20.6. The normalized spacial score (nSPS) is 24.9. The van der Waals surface area contributed by atoms with Crippen LogP contribution < -0.4 is 4.74 Å². The smallest absolute Gasteiger partial charge is 0.411 e. The van der Waals surface area contributed by atoms with E-state index in [9.17, 15) is 20.0 Å². The molecule has 0 aliphatic carbocycles. The van der Waals surface area contributed by atoms with Crippen LogP contribution in [0.3, 0.4) is 0 Å². The van der Waals surface area contributed by atoms with Gasteiger partial charge in [0.2, 0.25) is 6.41 Å². The lowest BCUT2D eigenvalue weighted by Gasteiger charge is -2.50. The van der Waals surface area contributed by atoms with Crippen molar-refractivity contribution >= 4 is 12.5 Å². The highest BCUT2D eigenvalue weighted by atomic mass is 16.6. The maximum absolute atomic E-state index is 12.9. The van der Waals surface area contributed by atoms with Crippen molar-refractivity contribution in [3.63, 3.8) is 0 Å². The maximum atomic E-state index is 12.9. The Balaban J connectivity index is 2.04. The lowest BCUT2D eigenvalue weighted by molar-refractivity contribution is -0.146. The van der Waals surface area contributed by atoms with Crippen LogP contribution in [0.15, 0.2) is 18.2 Å². The molecule has 3 unspecified atom stereocenters. The summed E-state index contributed by atoms with van der Waals surface area (Å²) in [5.74, 6) is 0.505. The maximum Gasteiger partial charge on any atom is 0.411 e. The molecular formula is C23H31N3O5. The average Bonchev–Trinajstić information content (AvgIpc) is 2.70. The van der Waals surface area contributed by atoms with E-state index in [-0.39, 0.29) is 0 Å². The van der Waals surface area contributed by atoms with Gasteiger partial charge in [-0.1, -0.05) is 0 Å². The molecule has 1 fully saturated rings. The van der Waals surface area contributed by atoms with Crippen molar-refractivity contribution in [3.05, 3.63) is 29.3 Å². The Hall–Kier alpha value is -2.79. The molecule has 1 N–H and O–H groups in total. The highest BCUT2D eigenvalue weighted by Crippen LogP contribution is 2.44. The standard InChI is InChI=1S/C23H31N3O5/c1-22(2,3)31-21(29)25-11-7-6-8-18(25)26(14-27)19-16-12-15(13-24)9-10-17(16)30-23(4,5)20(19)28/h9-10,12,14,18-20,28H,6-8,11H2,1-5H3. The number of piperidine rings is 1. The van der Waals surface area contributed by atoms with Crippen molar-refractivity contribution in [3.8, 4) is 11.8 Å². The van der Waals surface area contributed by atoms with Gasteiger partial charge >= 0.3 is 6.09 Å². The molecule has 2 amide bonds. The fourth-order valence-corrected chi connectivity index (χ4v) is 4.24. The second kappa shape index (κ2) is 8.39. The topological polar surface area (TPSA) is 103 Å². The number of amides is 2. The minimum Gasteiger partial charge on any atom is -0.485 e. The molecule has 1 aromatic carbocycles. The molecule has 1 saturated heterocycles. The molecule has 2 aliphatic heterocycles. The van der Waals surface area contributed by atoms with Crippen molar-refractivity contribution in [2.45, 2.75) is 83.4 Å². The summed E-state index contributed by atoms with van der Waals surface area (Å²) in [6, 6.07) is 6.27. The van der Waals surface area contributed by atoms with E-state index in [0.717, 1.165) is 12.8 Å². The molecule has 2 heterocycles. The third kappa shape index (κ3) is 4.62. The van der Waals surface area contributed by atoms with Crippen LogP contribution in [0.1, 0.15) is 71.0 Å². The molecule has 3 rings (SSSR count). The number of aliphatic hydroxyl groups is 1. The van der Waals surface area contributed by atoms with Gasteiger partial charge < -0.3 is 19.5 Å². The number of hydrogen-bond donors (Lipinski definition) is 1. The van der Waals surface area contributed by atoms with Gasteiger partial charge in [0.1, 0.15) is 29.2 Å². The Morgan fingerprint density at radius 1 is 1.39 bits per heavy atom. The molecule has 2 aliphatic rings. The quantitative estimate of drug-likeness (QED) is 0.739. The molecule has 0 radical (unpaired) electrons. The summed E-state index contributed by atoms with van der Waals surface area (Å²) in [5.41, 5.74) is -0.691. The summed E-state index contributed by atoms with van der Waals surface area (Å²) in [4.78, 5) is 28.4. The van der Waals surface area contributed by atoms with Crippen LogP contribution in [0.5, 0.6) is 5.75 Å². The zero-order valence-corrected chi connectivity index (χ0v) is 18.8. The first-order valence-electron chi connectivity index (χ1n) is 10.6. The van der Waals surface area contributed by atoms with Crippen molar-refractivity contribution in [1.82, 2.24) is 9.80 Å². The van der Waals surface area contributed by atoms with E-state index < -0.39 is 35.6 Å². The van der Waals surface area contributed by atoms with Gasteiger partial charge in [-0.2, -0.15) is 5.26 Å². The monoisotopic (exact) mass is 429 g/mol.